The Balaban J connectivity index is 1.68. The number of rotatable bonds is 5. The van der Waals surface area contributed by atoms with E-state index in [-0.39, 0.29) is 17.7 Å². The summed E-state index contributed by atoms with van der Waals surface area (Å²) in [5.74, 6) is 1.02. The number of hydrogen-bond acceptors (Lipinski definition) is 3. The summed E-state index contributed by atoms with van der Waals surface area (Å²) in [4.78, 5) is 16.0. The third kappa shape index (κ3) is 3.74. The Kier molecular flexibility index (Phi) is 4.12. The van der Waals surface area contributed by atoms with Crippen LogP contribution in [0.3, 0.4) is 0 Å². The summed E-state index contributed by atoms with van der Waals surface area (Å²) in [6.07, 6.45) is 2.40. The fraction of sp³-hybridized carbons (Fsp3) is 0.357. The number of halogens is 2. The molecule has 0 radical (unpaired) electrons. The van der Waals surface area contributed by atoms with Crippen molar-refractivity contribution in [2.24, 2.45) is 5.92 Å². The summed E-state index contributed by atoms with van der Waals surface area (Å²) in [5, 5.41) is 7.97. The molecule has 1 aliphatic rings. The van der Waals surface area contributed by atoms with Crippen LogP contribution in [0.25, 0.3) is 11.4 Å². The largest absolute Gasteiger partial charge is 0.354 e. The number of carbonyl (C=O) groups is 1. The second-order valence-corrected chi connectivity index (χ2v) is 5.89. The molecule has 0 spiro atoms. The minimum atomic E-state index is -0.101. The Morgan fingerprint density at radius 3 is 2.67 bits per heavy atom. The molecule has 1 heterocycles. The Morgan fingerprint density at radius 2 is 2.00 bits per heavy atom. The molecular formula is C14H14Cl2N4O. The number of aromatic nitrogens is 3. The molecule has 21 heavy (non-hydrogen) atoms. The van der Waals surface area contributed by atoms with Gasteiger partial charge in [-0.3, -0.25) is 4.79 Å². The average molecular weight is 325 g/mol. The predicted molar refractivity (Wildman–Crippen MR) is 81.2 cm³/mol. The number of nitrogens with zero attached hydrogens (tertiary/aromatic N) is 3. The van der Waals surface area contributed by atoms with Crippen molar-refractivity contribution in [1.82, 2.24) is 20.1 Å². The summed E-state index contributed by atoms with van der Waals surface area (Å²) in [6.45, 7) is 0.807. The maximum atomic E-state index is 11.8. The second kappa shape index (κ2) is 6.03. The summed E-state index contributed by atoms with van der Waals surface area (Å²) in [5.41, 5.74) is 0.804. The summed E-state index contributed by atoms with van der Waals surface area (Å²) < 4.78 is 1.40. The van der Waals surface area contributed by atoms with Gasteiger partial charge in [-0.2, -0.15) is 4.98 Å². The van der Waals surface area contributed by atoms with Crippen molar-refractivity contribution in [3.05, 3.63) is 34.6 Å². The van der Waals surface area contributed by atoms with E-state index in [0.717, 1.165) is 12.1 Å². The molecule has 1 aromatic carbocycles. The van der Waals surface area contributed by atoms with Crippen LogP contribution in [0.2, 0.25) is 10.3 Å². The van der Waals surface area contributed by atoms with Crippen molar-refractivity contribution in [3.63, 3.8) is 0 Å². The van der Waals surface area contributed by atoms with Gasteiger partial charge in [0, 0.05) is 17.1 Å². The van der Waals surface area contributed by atoms with Gasteiger partial charge in [-0.15, -0.1) is 5.10 Å². The lowest BCUT2D eigenvalue weighted by molar-refractivity contribution is -0.121. The zero-order chi connectivity index (χ0) is 14.8. The van der Waals surface area contributed by atoms with Crippen molar-refractivity contribution < 1.29 is 4.79 Å². The molecule has 1 amide bonds. The van der Waals surface area contributed by atoms with Crippen LogP contribution in [0, 0.1) is 5.92 Å². The van der Waals surface area contributed by atoms with E-state index in [0.29, 0.717) is 16.8 Å². The van der Waals surface area contributed by atoms with E-state index in [1.54, 1.807) is 12.1 Å². The lowest BCUT2D eigenvalue weighted by atomic mass is 10.2. The molecule has 0 bridgehead atoms. The summed E-state index contributed by atoms with van der Waals surface area (Å²) >= 11 is 11.9. The first kappa shape index (κ1) is 14.4. The molecule has 7 heteroatoms. The lowest BCUT2D eigenvalue weighted by Crippen LogP contribution is -2.29. The first-order valence-corrected chi connectivity index (χ1v) is 7.50. The number of carbonyl (C=O) groups excluding carboxylic acids is 1. The second-order valence-electron chi connectivity index (χ2n) is 5.12. The van der Waals surface area contributed by atoms with E-state index < -0.39 is 0 Å². The minimum absolute atomic E-state index is 0.0755. The maximum absolute atomic E-state index is 11.8. The fourth-order valence-electron chi connectivity index (χ4n) is 1.92. The Labute approximate surface area is 132 Å². The Hall–Kier alpha value is -1.59. The van der Waals surface area contributed by atoms with Crippen molar-refractivity contribution in [3.8, 4) is 11.4 Å². The molecule has 1 fully saturated rings. The van der Waals surface area contributed by atoms with Crippen LogP contribution >= 0.6 is 23.2 Å². The molecule has 0 unspecified atom stereocenters. The minimum Gasteiger partial charge on any atom is -0.354 e. The number of hydrogen-bond donors (Lipinski definition) is 1. The van der Waals surface area contributed by atoms with Crippen LogP contribution in [0.4, 0.5) is 0 Å². The van der Waals surface area contributed by atoms with Gasteiger partial charge in [0.1, 0.15) is 6.54 Å². The molecule has 1 aliphatic carbocycles. The SMILES string of the molecule is O=C(Cn1nc(-c2ccc(Cl)cc2)nc1Cl)NCC1CC1. The normalized spacial score (nSPS) is 14.2. The molecule has 110 valence electrons. The van der Waals surface area contributed by atoms with Gasteiger partial charge in [-0.25, -0.2) is 4.68 Å². The smallest absolute Gasteiger partial charge is 0.241 e. The first-order chi connectivity index (χ1) is 10.1. The molecular weight excluding hydrogens is 311 g/mol. The average Bonchev–Trinajstić information content (AvgIpc) is 3.22. The van der Waals surface area contributed by atoms with Crippen LogP contribution in [0.5, 0.6) is 0 Å². The third-order valence-corrected chi connectivity index (χ3v) is 3.84. The molecule has 0 aliphatic heterocycles. The van der Waals surface area contributed by atoms with Crippen molar-refractivity contribution >= 4 is 29.1 Å². The third-order valence-electron chi connectivity index (χ3n) is 3.31. The number of amides is 1. The Bertz CT molecular complexity index is 649. The lowest BCUT2D eigenvalue weighted by Gasteiger charge is -2.04. The highest BCUT2D eigenvalue weighted by Crippen LogP contribution is 2.27. The standard InChI is InChI=1S/C14H14Cl2N4O/c15-11-5-3-10(4-6-11)13-18-14(16)20(19-13)8-12(21)17-7-9-1-2-9/h3-6,9H,1-2,7-8H2,(H,17,21). The molecule has 1 N–H and O–H groups in total. The highest BCUT2D eigenvalue weighted by Gasteiger charge is 2.22. The molecule has 2 aromatic rings. The monoisotopic (exact) mass is 324 g/mol. The highest BCUT2D eigenvalue weighted by molar-refractivity contribution is 6.30. The van der Waals surface area contributed by atoms with Crippen molar-refractivity contribution in [2.75, 3.05) is 6.54 Å². The topological polar surface area (TPSA) is 59.8 Å². The van der Waals surface area contributed by atoms with Gasteiger partial charge in [-0.05, 0) is 54.6 Å². The van der Waals surface area contributed by atoms with Gasteiger partial charge in [0.2, 0.25) is 11.2 Å². The zero-order valence-corrected chi connectivity index (χ0v) is 12.7. The van der Waals surface area contributed by atoms with Gasteiger partial charge >= 0.3 is 0 Å². The van der Waals surface area contributed by atoms with E-state index in [1.807, 2.05) is 12.1 Å². The van der Waals surface area contributed by atoms with Crippen LogP contribution in [0.15, 0.2) is 24.3 Å². The molecule has 0 saturated heterocycles. The van der Waals surface area contributed by atoms with Gasteiger partial charge in [0.25, 0.3) is 0 Å². The number of nitrogens with one attached hydrogen (secondary N) is 1. The summed E-state index contributed by atoms with van der Waals surface area (Å²) in [6, 6.07) is 7.14. The van der Waals surface area contributed by atoms with E-state index in [4.69, 9.17) is 23.2 Å². The van der Waals surface area contributed by atoms with Crippen LogP contribution in [0.1, 0.15) is 12.8 Å². The van der Waals surface area contributed by atoms with Crippen LogP contribution in [-0.2, 0) is 11.3 Å². The van der Waals surface area contributed by atoms with Crippen LogP contribution in [-0.4, -0.2) is 27.2 Å². The van der Waals surface area contributed by atoms with Gasteiger partial charge in [-0.1, -0.05) is 11.6 Å². The fourth-order valence-corrected chi connectivity index (χ4v) is 2.22. The van der Waals surface area contributed by atoms with Crippen molar-refractivity contribution in [1.29, 1.82) is 0 Å². The first-order valence-electron chi connectivity index (χ1n) is 6.75. The van der Waals surface area contributed by atoms with E-state index in [9.17, 15) is 4.79 Å². The highest BCUT2D eigenvalue weighted by atomic mass is 35.5. The van der Waals surface area contributed by atoms with E-state index in [2.05, 4.69) is 15.4 Å². The molecule has 3 rings (SSSR count). The summed E-state index contributed by atoms with van der Waals surface area (Å²) in [7, 11) is 0. The predicted octanol–water partition coefficient (Wildman–Crippen LogP) is 2.78. The zero-order valence-electron chi connectivity index (χ0n) is 11.2. The quantitative estimate of drug-likeness (QED) is 0.919. The number of benzene rings is 1. The molecule has 1 saturated carbocycles. The van der Waals surface area contributed by atoms with Crippen molar-refractivity contribution in [2.45, 2.75) is 19.4 Å². The van der Waals surface area contributed by atoms with Gasteiger partial charge < -0.3 is 5.32 Å². The molecule has 0 atom stereocenters. The molecule has 5 nitrogen and oxygen atoms in total. The van der Waals surface area contributed by atoms with Gasteiger partial charge in [0.15, 0.2) is 5.82 Å². The molecule has 1 aromatic heterocycles. The Morgan fingerprint density at radius 1 is 1.29 bits per heavy atom. The van der Waals surface area contributed by atoms with E-state index in [1.165, 1.54) is 17.5 Å². The van der Waals surface area contributed by atoms with E-state index >= 15 is 0 Å². The van der Waals surface area contributed by atoms with Gasteiger partial charge in [0.05, 0.1) is 0 Å². The maximum Gasteiger partial charge on any atom is 0.241 e. The van der Waals surface area contributed by atoms with Crippen LogP contribution < -0.4 is 5.32 Å².